The first-order valence-electron chi connectivity index (χ1n) is 8.72. The number of hydrogen-bond donors (Lipinski definition) is 2. The van der Waals surface area contributed by atoms with Crippen molar-refractivity contribution in [1.29, 1.82) is 0 Å². The molecule has 1 amide bonds. The molecule has 2 aromatic heterocycles. The zero-order valence-corrected chi connectivity index (χ0v) is 15.0. The van der Waals surface area contributed by atoms with E-state index < -0.39 is 0 Å². The highest BCUT2D eigenvalue weighted by molar-refractivity contribution is 5.98. The second-order valence-electron chi connectivity index (χ2n) is 6.54. The lowest BCUT2D eigenvalue weighted by molar-refractivity contribution is 0.0935. The van der Waals surface area contributed by atoms with Crippen LogP contribution in [-0.4, -0.2) is 20.7 Å². The molecule has 27 heavy (non-hydrogen) atoms. The molecule has 0 spiro atoms. The minimum absolute atomic E-state index is 0.224. The van der Waals surface area contributed by atoms with Crippen LogP contribution in [0.15, 0.2) is 60.8 Å². The highest BCUT2D eigenvalue weighted by atomic mass is 19.1. The first-order valence-corrected chi connectivity index (χ1v) is 8.72. The summed E-state index contributed by atoms with van der Waals surface area (Å²) in [5.41, 5.74) is 4.00. The monoisotopic (exact) mass is 362 g/mol. The number of aromatic amines is 1. The number of carbonyl (C=O) groups is 1. The van der Waals surface area contributed by atoms with Gasteiger partial charge in [0.05, 0.1) is 17.9 Å². The number of H-pyrrole nitrogens is 1. The van der Waals surface area contributed by atoms with Crippen molar-refractivity contribution in [2.45, 2.75) is 19.9 Å². The maximum absolute atomic E-state index is 13.3. The number of hydrogen-bond acceptors (Lipinski definition) is 2. The number of halogens is 1. The van der Waals surface area contributed by atoms with Gasteiger partial charge in [-0.2, -0.15) is 5.10 Å². The van der Waals surface area contributed by atoms with E-state index in [2.05, 4.69) is 15.4 Å². The van der Waals surface area contributed by atoms with Crippen molar-refractivity contribution in [3.05, 3.63) is 83.6 Å². The molecule has 5 nitrogen and oxygen atoms in total. The lowest BCUT2D eigenvalue weighted by atomic mass is 10.1. The molecule has 2 aromatic carbocycles. The average Bonchev–Trinajstić information content (AvgIpc) is 3.25. The molecule has 1 atom stereocenters. The molecule has 0 aliphatic carbocycles. The molecule has 0 bridgehead atoms. The second-order valence-corrected chi connectivity index (χ2v) is 6.54. The van der Waals surface area contributed by atoms with Crippen LogP contribution in [0, 0.1) is 12.7 Å². The maximum atomic E-state index is 13.3. The van der Waals surface area contributed by atoms with Crippen LogP contribution in [0.1, 0.15) is 34.7 Å². The van der Waals surface area contributed by atoms with Crippen molar-refractivity contribution < 1.29 is 9.18 Å². The molecule has 4 rings (SSSR count). The van der Waals surface area contributed by atoms with E-state index in [9.17, 15) is 9.18 Å². The fraction of sp³-hybridized carbons (Fsp3) is 0.143. The highest BCUT2D eigenvalue weighted by Gasteiger charge is 2.18. The fourth-order valence-electron chi connectivity index (χ4n) is 3.25. The highest BCUT2D eigenvalue weighted by Crippen LogP contribution is 2.21. The van der Waals surface area contributed by atoms with E-state index in [-0.39, 0.29) is 17.8 Å². The summed E-state index contributed by atoms with van der Waals surface area (Å²) in [5, 5.41) is 8.09. The summed E-state index contributed by atoms with van der Waals surface area (Å²) in [5.74, 6) is -0.572. The summed E-state index contributed by atoms with van der Waals surface area (Å²) < 4.78 is 15.2. The van der Waals surface area contributed by atoms with Gasteiger partial charge in [0, 0.05) is 22.2 Å². The molecular formula is C21H19FN4O. The molecule has 1 unspecified atom stereocenters. The Labute approximate surface area is 155 Å². The zero-order chi connectivity index (χ0) is 19.0. The number of rotatable bonds is 4. The van der Waals surface area contributed by atoms with E-state index in [4.69, 9.17) is 0 Å². The lowest BCUT2D eigenvalue weighted by Crippen LogP contribution is -2.27. The van der Waals surface area contributed by atoms with E-state index in [0.717, 1.165) is 22.5 Å². The van der Waals surface area contributed by atoms with E-state index in [0.29, 0.717) is 11.1 Å². The van der Waals surface area contributed by atoms with E-state index in [1.807, 2.05) is 48.9 Å². The summed E-state index contributed by atoms with van der Waals surface area (Å²) in [6.45, 7) is 3.89. The molecule has 6 heteroatoms. The van der Waals surface area contributed by atoms with Gasteiger partial charge in [0.2, 0.25) is 0 Å². The Morgan fingerprint density at radius 2 is 1.96 bits per heavy atom. The van der Waals surface area contributed by atoms with Gasteiger partial charge >= 0.3 is 0 Å². The number of aromatic nitrogens is 3. The van der Waals surface area contributed by atoms with Crippen LogP contribution in [-0.2, 0) is 0 Å². The normalized spacial score (nSPS) is 12.3. The molecule has 2 N–H and O–H groups in total. The summed E-state index contributed by atoms with van der Waals surface area (Å²) in [6, 6.07) is 15.7. The summed E-state index contributed by atoms with van der Waals surface area (Å²) >= 11 is 0. The first kappa shape index (κ1) is 17.0. The smallest absolute Gasteiger partial charge is 0.268 e. The number of amides is 1. The minimum Gasteiger partial charge on any atom is -0.351 e. The van der Waals surface area contributed by atoms with Gasteiger partial charge in [0.15, 0.2) is 0 Å². The predicted molar refractivity (Wildman–Crippen MR) is 102 cm³/mol. The summed E-state index contributed by atoms with van der Waals surface area (Å²) in [4.78, 5) is 15.6. The Balaban J connectivity index is 1.55. The average molecular weight is 362 g/mol. The lowest BCUT2D eigenvalue weighted by Gasteiger charge is -2.13. The van der Waals surface area contributed by atoms with Gasteiger partial charge in [-0.1, -0.05) is 18.2 Å². The van der Waals surface area contributed by atoms with Gasteiger partial charge in [-0.3, -0.25) is 4.79 Å². The van der Waals surface area contributed by atoms with Gasteiger partial charge in [-0.15, -0.1) is 0 Å². The topological polar surface area (TPSA) is 62.7 Å². The van der Waals surface area contributed by atoms with Gasteiger partial charge in [-0.25, -0.2) is 9.07 Å². The van der Waals surface area contributed by atoms with Gasteiger partial charge < -0.3 is 10.3 Å². The number of carbonyl (C=O) groups excluding carboxylic acids is 1. The molecule has 0 fully saturated rings. The van der Waals surface area contributed by atoms with Crippen LogP contribution >= 0.6 is 0 Å². The third kappa shape index (κ3) is 3.21. The molecule has 136 valence electrons. The van der Waals surface area contributed by atoms with Crippen molar-refractivity contribution in [3.63, 3.8) is 0 Å². The Hall–Kier alpha value is -3.41. The molecule has 0 aliphatic rings. The Morgan fingerprint density at radius 1 is 1.19 bits per heavy atom. The molecule has 0 aliphatic heterocycles. The second kappa shape index (κ2) is 6.72. The van der Waals surface area contributed by atoms with Crippen LogP contribution in [0.4, 0.5) is 4.39 Å². The number of nitrogens with zero attached hydrogens (tertiary/aromatic N) is 2. The van der Waals surface area contributed by atoms with Crippen molar-refractivity contribution in [2.75, 3.05) is 0 Å². The number of para-hydroxylation sites is 1. The fourth-order valence-corrected chi connectivity index (χ4v) is 3.25. The number of benzene rings is 2. The third-order valence-corrected chi connectivity index (χ3v) is 4.69. The molecule has 4 aromatic rings. The van der Waals surface area contributed by atoms with E-state index in [1.165, 1.54) is 12.1 Å². The van der Waals surface area contributed by atoms with Crippen molar-refractivity contribution >= 4 is 16.8 Å². The van der Waals surface area contributed by atoms with Crippen LogP contribution in [0.25, 0.3) is 16.6 Å². The number of fused-ring (bicyclic) bond motifs is 1. The Kier molecular flexibility index (Phi) is 4.24. The van der Waals surface area contributed by atoms with Crippen molar-refractivity contribution in [2.24, 2.45) is 0 Å². The van der Waals surface area contributed by atoms with Gasteiger partial charge in [0.1, 0.15) is 11.5 Å². The van der Waals surface area contributed by atoms with Crippen LogP contribution in [0.5, 0.6) is 0 Å². The van der Waals surface area contributed by atoms with Crippen LogP contribution in [0.3, 0.4) is 0 Å². The Bertz CT molecular complexity index is 1110. The van der Waals surface area contributed by atoms with Crippen LogP contribution < -0.4 is 5.32 Å². The summed E-state index contributed by atoms with van der Waals surface area (Å²) in [6.07, 6.45) is 1.77. The van der Waals surface area contributed by atoms with Gasteiger partial charge in [-0.05, 0) is 50.2 Å². The SMILES string of the molecule is Cc1c(C(C)NC(=O)c2cc3cc(F)ccc3[nH]2)cnn1-c1ccccc1. The molecular weight excluding hydrogens is 343 g/mol. The zero-order valence-electron chi connectivity index (χ0n) is 15.0. The molecule has 0 radical (unpaired) electrons. The van der Waals surface area contributed by atoms with Crippen molar-refractivity contribution in [3.8, 4) is 5.69 Å². The minimum atomic E-state index is -0.328. The number of nitrogens with one attached hydrogen (secondary N) is 2. The van der Waals surface area contributed by atoms with E-state index >= 15 is 0 Å². The Morgan fingerprint density at radius 3 is 2.74 bits per heavy atom. The largest absolute Gasteiger partial charge is 0.351 e. The predicted octanol–water partition coefficient (Wildman–Crippen LogP) is 4.29. The van der Waals surface area contributed by atoms with E-state index in [1.54, 1.807) is 18.3 Å². The third-order valence-electron chi connectivity index (χ3n) is 4.69. The summed E-state index contributed by atoms with van der Waals surface area (Å²) in [7, 11) is 0. The first-order chi connectivity index (χ1) is 13.0. The maximum Gasteiger partial charge on any atom is 0.268 e. The van der Waals surface area contributed by atoms with Crippen molar-refractivity contribution in [1.82, 2.24) is 20.1 Å². The standard InChI is InChI=1S/C21H19FN4O/c1-13(18-12-23-26(14(18)2)17-6-4-3-5-7-17)24-21(27)20-11-15-10-16(22)8-9-19(15)25-20/h3-13,25H,1-2H3,(H,24,27). The molecule has 0 saturated heterocycles. The van der Waals surface area contributed by atoms with Gasteiger partial charge in [0.25, 0.3) is 5.91 Å². The quantitative estimate of drug-likeness (QED) is 0.569. The molecule has 2 heterocycles. The molecule has 0 saturated carbocycles. The van der Waals surface area contributed by atoms with Crippen LogP contribution in [0.2, 0.25) is 0 Å².